The van der Waals surface area contributed by atoms with Crippen LogP contribution in [0, 0.1) is 0 Å². The van der Waals surface area contributed by atoms with Crippen molar-refractivity contribution >= 4 is 69.7 Å². The summed E-state index contributed by atoms with van der Waals surface area (Å²) in [6.45, 7) is 0. The number of hydrogen-bond donors (Lipinski definition) is 0. The molecular formula is C28H23Cl4O+. The molecule has 5 rings (SSSR count). The van der Waals surface area contributed by atoms with Crippen molar-refractivity contribution < 1.29 is 4.42 Å². The maximum absolute atomic E-state index is 6.72. The molecule has 2 aliphatic carbocycles. The summed E-state index contributed by atoms with van der Waals surface area (Å²) >= 11 is 25.1. The third kappa shape index (κ3) is 5.03. The third-order valence-corrected chi connectivity index (χ3v) is 7.46. The fraction of sp³-hybridized carbons (Fsp3) is 0.250. The number of fused-ring (bicyclic) bond motifs is 2. The van der Waals surface area contributed by atoms with E-state index in [0.29, 0.717) is 20.1 Å². The Bertz CT molecular complexity index is 1290. The van der Waals surface area contributed by atoms with Crippen molar-refractivity contribution in [1.82, 2.24) is 0 Å². The van der Waals surface area contributed by atoms with Gasteiger partial charge in [0.25, 0.3) is 0 Å². The highest BCUT2D eigenvalue weighted by Gasteiger charge is 2.32. The van der Waals surface area contributed by atoms with Gasteiger partial charge in [-0.15, -0.1) is 0 Å². The zero-order valence-electron chi connectivity index (χ0n) is 18.1. The molecule has 0 atom stereocenters. The van der Waals surface area contributed by atoms with E-state index >= 15 is 0 Å². The molecule has 1 nitrogen and oxygen atoms in total. The molecule has 5 heteroatoms. The molecular weight excluding hydrogens is 494 g/mol. The largest absolute Gasteiger partial charge is 0.359 e. The maximum atomic E-state index is 6.72. The minimum atomic E-state index is 0.636. The molecule has 0 N–H and O–H groups in total. The van der Waals surface area contributed by atoms with Crippen LogP contribution in [0.4, 0.5) is 0 Å². The summed E-state index contributed by atoms with van der Waals surface area (Å²) in [6, 6.07) is 13.6. The average molecular weight is 517 g/mol. The number of hydrogen-bond acceptors (Lipinski definition) is 0. The molecule has 0 spiro atoms. The molecule has 0 unspecified atom stereocenters. The van der Waals surface area contributed by atoms with Crippen LogP contribution in [-0.4, -0.2) is 0 Å². The van der Waals surface area contributed by atoms with Gasteiger partial charge in [0.15, 0.2) is 0 Å². The molecule has 2 aromatic carbocycles. The Morgan fingerprint density at radius 2 is 1.06 bits per heavy atom. The van der Waals surface area contributed by atoms with Gasteiger partial charge in [0.05, 0.1) is 22.3 Å². The van der Waals surface area contributed by atoms with Gasteiger partial charge in [-0.1, -0.05) is 58.5 Å². The first kappa shape index (κ1) is 23.0. The number of benzene rings is 2. The van der Waals surface area contributed by atoms with Crippen LogP contribution in [0.5, 0.6) is 0 Å². The first-order valence-corrected chi connectivity index (χ1v) is 12.8. The van der Waals surface area contributed by atoms with Crippen LogP contribution in [0.25, 0.3) is 23.3 Å². The maximum Gasteiger partial charge on any atom is 0.359 e. The van der Waals surface area contributed by atoms with Gasteiger partial charge < -0.3 is 0 Å². The Hall–Kier alpha value is -1.77. The summed E-state index contributed by atoms with van der Waals surface area (Å²) in [7, 11) is 0. The Morgan fingerprint density at radius 3 is 1.61 bits per heavy atom. The van der Waals surface area contributed by atoms with E-state index in [1.54, 1.807) is 12.1 Å². The lowest BCUT2D eigenvalue weighted by Gasteiger charge is -2.13. The van der Waals surface area contributed by atoms with E-state index in [2.05, 4.69) is 18.2 Å². The highest BCUT2D eigenvalue weighted by atomic mass is 35.5. The number of rotatable bonds is 2. The summed E-state index contributed by atoms with van der Waals surface area (Å²) < 4.78 is 6.72. The zero-order chi connectivity index (χ0) is 22.9. The molecule has 33 heavy (non-hydrogen) atoms. The van der Waals surface area contributed by atoms with Crippen molar-refractivity contribution in [1.29, 1.82) is 0 Å². The lowest BCUT2D eigenvalue weighted by molar-refractivity contribution is 0.495. The normalized spacial score (nSPS) is 18.2. The van der Waals surface area contributed by atoms with Gasteiger partial charge in [0.2, 0.25) is 0 Å². The molecule has 0 saturated heterocycles. The molecule has 3 aromatic rings. The van der Waals surface area contributed by atoms with Gasteiger partial charge in [-0.3, -0.25) is 0 Å². The van der Waals surface area contributed by atoms with Crippen LogP contribution in [0.1, 0.15) is 65.9 Å². The van der Waals surface area contributed by atoms with Gasteiger partial charge in [0.1, 0.15) is 0 Å². The van der Waals surface area contributed by atoms with Crippen LogP contribution in [-0.2, 0) is 12.8 Å². The first-order valence-electron chi connectivity index (χ1n) is 11.3. The molecule has 0 amide bonds. The van der Waals surface area contributed by atoms with Crippen molar-refractivity contribution in [3.05, 3.63) is 96.3 Å². The number of aryl methyl sites for hydroxylation is 2. The minimum absolute atomic E-state index is 0.636. The van der Waals surface area contributed by atoms with E-state index in [4.69, 9.17) is 50.8 Å². The Morgan fingerprint density at radius 1 is 0.576 bits per heavy atom. The summed E-state index contributed by atoms with van der Waals surface area (Å²) in [5.74, 6) is 1.95. The fourth-order valence-electron chi connectivity index (χ4n) is 4.70. The highest BCUT2D eigenvalue weighted by molar-refractivity contribution is 6.36. The summed E-state index contributed by atoms with van der Waals surface area (Å²) in [4.78, 5) is 0. The minimum Gasteiger partial charge on any atom is -0.207 e. The molecule has 1 heterocycles. The molecule has 0 bridgehead atoms. The number of halogens is 4. The topological polar surface area (TPSA) is 11.3 Å². The van der Waals surface area contributed by atoms with E-state index in [-0.39, 0.29) is 0 Å². The Labute approximate surface area is 214 Å². The standard InChI is InChI=1S/C28H23Cl4O/c29-23-10-8-17(25(31)15-23)12-19-4-1-2-5-20-14-22-7-3-6-21(28(22)33-27(19)20)13-18-9-11-24(30)16-26(18)32/h8-16H,1-7H2/q+1/b19-12+,21-13+. The monoisotopic (exact) mass is 515 g/mol. The van der Waals surface area contributed by atoms with Crippen LogP contribution in [0.2, 0.25) is 20.1 Å². The SMILES string of the molecule is Clc1ccc(/C=C2\CCCCc3cc4c([o+]c32)/C(=C/c2ccc(Cl)cc2Cl)CCC4)c(Cl)c1. The third-order valence-electron chi connectivity index (χ3n) is 6.34. The molecule has 168 valence electrons. The van der Waals surface area contributed by atoms with E-state index in [1.165, 1.54) is 22.3 Å². The van der Waals surface area contributed by atoms with Gasteiger partial charge >= 0.3 is 11.5 Å². The van der Waals surface area contributed by atoms with Crippen LogP contribution < -0.4 is 0 Å². The van der Waals surface area contributed by atoms with E-state index in [1.807, 2.05) is 24.3 Å². The van der Waals surface area contributed by atoms with E-state index < -0.39 is 0 Å². The first-order chi connectivity index (χ1) is 16.0. The predicted octanol–water partition coefficient (Wildman–Crippen LogP) is 10.3. The Balaban J connectivity index is 1.62. The predicted molar refractivity (Wildman–Crippen MR) is 142 cm³/mol. The smallest absolute Gasteiger partial charge is 0.207 e. The summed E-state index contributed by atoms with van der Waals surface area (Å²) in [6.07, 6.45) is 11.6. The molecule has 0 aliphatic heterocycles. The van der Waals surface area contributed by atoms with Gasteiger partial charge in [-0.05, 0) is 98.6 Å². The fourth-order valence-corrected chi connectivity index (χ4v) is 5.63. The van der Waals surface area contributed by atoms with Crippen molar-refractivity contribution in [2.45, 2.75) is 44.9 Å². The van der Waals surface area contributed by atoms with Crippen molar-refractivity contribution in [2.24, 2.45) is 0 Å². The van der Waals surface area contributed by atoms with Gasteiger partial charge in [-0.2, -0.15) is 0 Å². The Kier molecular flexibility index (Phi) is 6.86. The van der Waals surface area contributed by atoms with Gasteiger partial charge in [-0.25, -0.2) is 4.42 Å². The molecule has 1 aromatic heterocycles. The molecule has 0 saturated carbocycles. The molecule has 0 fully saturated rings. The summed E-state index contributed by atoms with van der Waals surface area (Å²) in [5.41, 5.74) is 6.84. The van der Waals surface area contributed by atoms with Crippen molar-refractivity contribution in [3.8, 4) is 0 Å². The van der Waals surface area contributed by atoms with Crippen molar-refractivity contribution in [2.75, 3.05) is 0 Å². The van der Waals surface area contributed by atoms with Crippen LogP contribution in [0.3, 0.4) is 0 Å². The van der Waals surface area contributed by atoms with Crippen molar-refractivity contribution in [3.63, 3.8) is 0 Å². The zero-order valence-corrected chi connectivity index (χ0v) is 21.1. The van der Waals surface area contributed by atoms with Crippen LogP contribution in [0.15, 0.2) is 46.9 Å². The van der Waals surface area contributed by atoms with E-state index in [9.17, 15) is 0 Å². The molecule has 0 radical (unpaired) electrons. The lowest BCUT2D eigenvalue weighted by Crippen LogP contribution is -2.05. The average Bonchev–Trinajstić information content (AvgIpc) is 2.98. The van der Waals surface area contributed by atoms with Gasteiger partial charge in [0, 0.05) is 20.1 Å². The highest BCUT2D eigenvalue weighted by Crippen LogP contribution is 2.40. The number of allylic oxidation sites excluding steroid dienone is 2. The second kappa shape index (κ2) is 9.84. The lowest BCUT2D eigenvalue weighted by atomic mass is 9.89. The summed E-state index contributed by atoms with van der Waals surface area (Å²) in [5, 5.41) is 2.57. The second-order valence-corrected chi connectivity index (χ2v) is 10.4. The molecule has 2 aliphatic rings. The van der Waals surface area contributed by atoms with E-state index in [0.717, 1.165) is 67.6 Å². The second-order valence-electron chi connectivity index (χ2n) is 8.69. The quantitative estimate of drug-likeness (QED) is 0.243. The van der Waals surface area contributed by atoms with Crippen LogP contribution >= 0.6 is 46.4 Å².